The predicted octanol–water partition coefficient (Wildman–Crippen LogP) is 16.1. The second-order valence-corrected chi connectivity index (χ2v) is 15.7. The standard InChI is InChI=1S/C57H36N2O/c1-3-9-42-31-48-33-44(13-15-46(48)29-40(42)7-1)37-17-23-50(24-18-37)59(52-27-21-39(22-28-52)55-35-57-54(36-58-55)53-11-5-6-12-56(53)60-57)51-25-19-38(20-26-51)45-14-16-47-30-41-8-2-4-10-43(41)32-49(47)34-45/h1-36H. The van der Waals surface area contributed by atoms with Crippen molar-refractivity contribution in [3.63, 3.8) is 0 Å². The van der Waals surface area contributed by atoms with Crippen molar-refractivity contribution in [2.24, 2.45) is 0 Å². The molecule has 3 heteroatoms. The van der Waals surface area contributed by atoms with Crippen molar-refractivity contribution < 1.29 is 4.42 Å². The lowest BCUT2D eigenvalue weighted by Crippen LogP contribution is -2.09. The first-order chi connectivity index (χ1) is 29.7. The molecule has 0 fully saturated rings. The topological polar surface area (TPSA) is 29.3 Å². The molecule has 0 aliphatic carbocycles. The first-order valence-corrected chi connectivity index (χ1v) is 20.4. The molecule has 2 aromatic heterocycles. The Hall–Kier alpha value is -8.01. The summed E-state index contributed by atoms with van der Waals surface area (Å²) in [5.41, 5.74) is 11.6. The fraction of sp³-hybridized carbons (Fsp3) is 0. The van der Waals surface area contributed by atoms with Gasteiger partial charge in [0.15, 0.2) is 0 Å². The van der Waals surface area contributed by atoms with E-state index in [2.05, 4.69) is 193 Å². The minimum Gasteiger partial charge on any atom is -0.456 e. The maximum Gasteiger partial charge on any atom is 0.139 e. The molecule has 0 aliphatic heterocycles. The van der Waals surface area contributed by atoms with Gasteiger partial charge in [-0.1, -0.05) is 127 Å². The maximum atomic E-state index is 6.20. The van der Waals surface area contributed by atoms with E-state index >= 15 is 0 Å². The van der Waals surface area contributed by atoms with Crippen molar-refractivity contribution >= 4 is 82.1 Å². The fourth-order valence-corrected chi connectivity index (χ4v) is 8.85. The van der Waals surface area contributed by atoms with E-state index in [1.54, 1.807) is 0 Å². The average Bonchev–Trinajstić information content (AvgIpc) is 3.69. The van der Waals surface area contributed by atoms with Crippen molar-refractivity contribution in [2.45, 2.75) is 0 Å². The molecule has 0 unspecified atom stereocenters. The van der Waals surface area contributed by atoms with Gasteiger partial charge in [-0.2, -0.15) is 0 Å². The van der Waals surface area contributed by atoms with Crippen LogP contribution < -0.4 is 4.90 Å². The van der Waals surface area contributed by atoms with Crippen molar-refractivity contribution in [3.8, 4) is 33.5 Å². The van der Waals surface area contributed by atoms with Crippen molar-refractivity contribution in [2.75, 3.05) is 4.90 Å². The molecular formula is C57H36N2O. The highest BCUT2D eigenvalue weighted by Gasteiger charge is 2.16. The second kappa shape index (κ2) is 13.8. The number of fused-ring (bicyclic) bond motifs is 7. The van der Waals surface area contributed by atoms with Gasteiger partial charge in [-0.15, -0.1) is 0 Å². The SMILES string of the molecule is c1ccc2cc3cc(-c4ccc(N(c5ccc(-c6ccc7cc8ccccc8cc7c6)cc5)c5ccc(-c6cc7oc8ccccc8c7cn6)cc5)cc4)ccc3cc2c1. The van der Waals surface area contributed by atoms with Gasteiger partial charge in [0.05, 0.1) is 5.69 Å². The normalized spacial score (nSPS) is 11.7. The Balaban J connectivity index is 0.908. The minimum absolute atomic E-state index is 0.839. The minimum atomic E-state index is 0.839. The zero-order chi connectivity index (χ0) is 39.6. The lowest BCUT2D eigenvalue weighted by atomic mass is 9.98. The molecule has 0 spiro atoms. The largest absolute Gasteiger partial charge is 0.456 e. The summed E-state index contributed by atoms with van der Waals surface area (Å²) < 4.78 is 6.20. The zero-order valence-electron chi connectivity index (χ0n) is 32.6. The van der Waals surface area contributed by atoms with Crippen LogP contribution in [0.3, 0.4) is 0 Å². The Labute approximate surface area is 347 Å². The first kappa shape index (κ1) is 34.1. The monoisotopic (exact) mass is 764 g/mol. The fourth-order valence-electron chi connectivity index (χ4n) is 8.85. The van der Waals surface area contributed by atoms with Crippen LogP contribution in [-0.2, 0) is 0 Å². The maximum absolute atomic E-state index is 6.20. The van der Waals surface area contributed by atoms with Crippen molar-refractivity contribution in [1.82, 2.24) is 4.98 Å². The van der Waals surface area contributed by atoms with Gasteiger partial charge >= 0.3 is 0 Å². The summed E-state index contributed by atoms with van der Waals surface area (Å²) in [4.78, 5) is 7.19. The van der Waals surface area contributed by atoms with Gasteiger partial charge in [-0.3, -0.25) is 4.98 Å². The van der Waals surface area contributed by atoms with Gasteiger partial charge in [-0.05, 0) is 144 Å². The molecule has 0 saturated heterocycles. The van der Waals surface area contributed by atoms with Crippen LogP contribution in [0.4, 0.5) is 17.1 Å². The van der Waals surface area contributed by atoms with Gasteiger partial charge in [0.1, 0.15) is 11.2 Å². The third kappa shape index (κ3) is 5.95. The van der Waals surface area contributed by atoms with Crippen LogP contribution in [0.15, 0.2) is 223 Å². The summed E-state index contributed by atoms with van der Waals surface area (Å²) in [6, 6.07) is 76.5. The molecule has 10 aromatic carbocycles. The first-order valence-electron chi connectivity index (χ1n) is 20.4. The summed E-state index contributed by atoms with van der Waals surface area (Å²) in [7, 11) is 0. The molecule has 2 heterocycles. The highest BCUT2D eigenvalue weighted by Crippen LogP contribution is 2.39. The second-order valence-electron chi connectivity index (χ2n) is 15.7. The number of hydrogen-bond donors (Lipinski definition) is 0. The number of rotatable bonds is 6. The quantitative estimate of drug-likeness (QED) is 0.158. The number of benzene rings is 10. The molecule has 12 aromatic rings. The highest BCUT2D eigenvalue weighted by atomic mass is 16.3. The third-order valence-corrected chi connectivity index (χ3v) is 12.0. The summed E-state index contributed by atoms with van der Waals surface area (Å²) in [5, 5.41) is 12.1. The van der Waals surface area contributed by atoms with Crippen molar-refractivity contribution in [1.29, 1.82) is 0 Å². The predicted molar refractivity (Wildman–Crippen MR) is 253 cm³/mol. The van der Waals surface area contributed by atoms with E-state index in [-0.39, 0.29) is 0 Å². The van der Waals surface area contributed by atoms with Gasteiger partial charge in [0.2, 0.25) is 0 Å². The Kier molecular flexibility index (Phi) is 7.85. The van der Waals surface area contributed by atoms with Gasteiger partial charge in [-0.25, -0.2) is 0 Å². The Morgan fingerprint density at radius 1 is 0.300 bits per heavy atom. The Morgan fingerprint density at radius 2 is 0.717 bits per heavy atom. The van der Waals surface area contributed by atoms with Crippen LogP contribution in [0.1, 0.15) is 0 Å². The number of anilines is 3. The molecule has 0 N–H and O–H groups in total. The number of nitrogens with zero attached hydrogens (tertiary/aromatic N) is 2. The Morgan fingerprint density at radius 3 is 1.23 bits per heavy atom. The molecule has 0 radical (unpaired) electrons. The lowest BCUT2D eigenvalue weighted by Gasteiger charge is -2.26. The molecule has 0 saturated carbocycles. The molecule has 12 rings (SSSR count). The van der Waals surface area contributed by atoms with E-state index in [9.17, 15) is 0 Å². The van der Waals surface area contributed by atoms with Crippen LogP contribution in [-0.4, -0.2) is 4.98 Å². The van der Waals surface area contributed by atoms with E-state index in [0.29, 0.717) is 0 Å². The van der Waals surface area contributed by atoms with Gasteiger partial charge in [0.25, 0.3) is 0 Å². The summed E-state index contributed by atoms with van der Waals surface area (Å²) in [6.45, 7) is 0. The molecule has 280 valence electrons. The van der Waals surface area contributed by atoms with E-state index in [1.165, 1.54) is 65.3 Å². The number of aromatic nitrogens is 1. The number of para-hydroxylation sites is 1. The summed E-state index contributed by atoms with van der Waals surface area (Å²) >= 11 is 0. The molecule has 0 amide bonds. The summed E-state index contributed by atoms with van der Waals surface area (Å²) in [6.07, 6.45) is 1.93. The van der Waals surface area contributed by atoms with Crippen LogP contribution >= 0.6 is 0 Å². The lowest BCUT2D eigenvalue weighted by molar-refractivity contribution is 0.668. The van der Waals surface area contributed by atoms with E-state index < -0.39 is 0 Å². The van der Waals surface area contributed by atoms with Crippen LogP contribution in [0.25, 0.3) is 98.5 Å². The van der Waals surface area contributed by atoms with Crippen LogP contribution in [0, 0.1) is 0 Å². The average molecular weight is 765 g/mol. The van der Waals surface area contributed by atoms with Gasteiger partial charge in [0, 0.05) is 45.7 Å². The van der Waals surface area contributed by atoms with Gasteiger partial charge < -0.3 is 9.32 Å². The number of pyridine rings is 1. The molecule has 60 heavy (non-hydrogen) atoms. The smallest absolute Gasteiger partial charge is 0.139 e. The number of hydrogen-bond acceptors (Lipinski definition) is 3. The third-order valence-electron chi connectivity index (χ3n) is 12.0. The number of furan rings is 1. The molecule has 0 atom stereocenters. The molecule has 0 aliphatic rings. The molecular weight excluding hydrogens is 729 g/mol. The highest BCUT2D eigenvalue weighted by molar-refractivity contribution is 6.05. The molecule has 0 bridgehead atoms. The van der Waals surface area contributed by atoms with Crippen LogP contribution in [0.5, 0.6) is 0 Å². The zero-order valence-corrected chi connectivity index (χ0v) is 32.6. The van der Waals surface area contributed by atoms with Crippen molar-refractivity contribution in [3.05, 3.63) is 219 Å². The summed E-state index contributed by atoms with van der Waals surface area (Å²) in [5.74, 6) is 0. The van der Waals surface area contributed by atoms with E-state index in [1.807, 2.05) is 30.5 Å². The van der Waals surface area contributed by atoms with E-state index in [4.69, 9.17) is 9.40 Å². The van der Waals surface area contributed by atoms with Crippen LogP contribution in [0.2, 0.25) is 0 Å². The molecule has 3 nitrogen and oxygen atoms in total. The van der Waals surface area contributed by atoms with E-state index in [0.717, 1.165) is 50.3 Å². The Bertz CT molecular complexity index is 3420.